The first kappa shape index (κ1) is 17.3. The van der Waals surface area contributed by atoms with Gasteiger partial charge in [-0.2, -0.15) is 0 Å². The van der Waals surface area contributed by atoms with Crippen LogP contribution in [-0.2, 0) is 4.74 Å². The van der Waals surface area contributed by atoms with E-state index in [-0.39, 0.29) is 18.1 Å². The molecule has 1 aliphatic rings. The highest BCUT2D eigenvalue weighted by molar-refractivity contribution is 5.95. The van der Waals surface area contributed by atoms with Gasteiger partial charge in [0.05, 0.1) is 26.9 Å². The maximum absolute atomic E-state index is 13.0. The minimum Gasteiger partial charge on any atom is -0.497 e. The van der Waals surface area contributed by atoms with Crippen molar-refractivity contribution in [2.45, 2.75) is 19.1 Å². The molecule has 5 nitrogen and oxygen atoms in total. The van der Waals surface area contributed by atoms with Gasteiger partial charge < -0.3 is 19.1 Å². The van der Waals surface area contributed by atoms with Crippen molar-refractivity contribution in [3.8, 4) is 11.5 Å². The molecule has 0 spiro atoms. The monoisotopic (exact) mass is 341 g/mol. The highest BCUT2D eigenvalue weighted by Crippen LogP contribution is 2.28. The topological polar surface area (TPSA) is 48.0 Å². The van der Waals surface area contributed by atoms with Gasteiger partial charge in [-0.25, -0.2) is 0 Å². The highest BCUT2D eigenvalue weighted by Gasteiger charge is 2.30. The molecule has 0 bridgehead atoms. The normalized spacial score (nSPS) is 20.2. The SMILES string of the molecule is COc1cc(OC)cc(C(=O)N2CC(C)OC(c3ccccc3)C2)c1. The van der Waals surface area contributed by atoms with E-state index in [0.29, 0.717) is 30.2 Å². The van der Waals surface area contributed by atoms with Gasteiger partial charge in [0.1, 0.15) is 17.6 Å². The Bertz CT molecular complexity index is 709. The molecule has 0 aliphatic carbocycles. The zero-order valence-corrected chi connectivity index (χ0v) is 14.8. The van der Waals surface area contributed by atoms with Crippen LogP contribution in [-0.4, -0.2) is 44.2 Å². The van der Waals surface area contributed by atoms with Gasteiger partial charge in [-0.3, -0.25) is 4.79 Å². The second kappa shape index (κ2) is 7.57. The summed E-state index contributed by atoms with van der Waals surface area (Å²) in [7, 11) is 3.15. The van der Waals surface area contributed by atoms with Gasteiger partial charge in [-0.15, -0.1) is 0 Å². The highest BCUT2D eigenvalue weighted by atomic mass is 16.5. The van der Waals surface area contributed by atoms with Crippen molar-refractivity contribution >= 4 is 5.91 Å². The Kier molecular flexibility index (Phi) is 5.24. The van der Waals surface area contributed by atoms with Crippen molar-refractivity contribution in [3.05, 3.63) is 59.7 Å². The number of amides is 1. The third-order valence-corrected chi connectivity index (χ3v) is 4.32. The fourth-order valence-corrected chi connectivity index (χ4v) is 3.08. The predicted molar refractivity (Wildman–Crippen MR) is 95.2 cm³/mol. The number of hydrogen-bond donors (Lipinski definition) is 0. The van der Waals surface area contributed by atoms with Crippen LogP contribution in [0.25, 0.3) is 0 Å². The first-order chi connectivity index (χ1) is 12.1. The molecule has 1 heterocycles. The molecule has 0 saturated carbocycles. The smallest absolute Gasteiger partial charge is 0.254 e. The average molecular weight is 341 g/mol. The lowest BCUT2D eigenvalue weighted by atomic mass is 10.1. The summed E-state index contributed by atoms with van der Waals surface area (Å²) in [4.78, 5) is 14.9. The van der Waals surface area contributed by atoms with E-state index >= 15 is 0 Å². The zero-order chi connectivity index (χ0) is 17.8. The van der Waals surface area contributed by atoms with Crippen molar-refractivity contribution in [2.24, 2.45) is 0 Å². The van der Waals surface area contributed by atoms with Crippen LogP contribution in [0.4, 0.5) is 0 Å². The van der Waals surface area contributed by atoms with Crippen molar-refractivity contribution in [1.29, 1.82) is 0 Å². The molecule has 1 fully saturated rings. The minimum absolute atomic E-state index is 0.0320. The lowest BCUT2D eigenvalue weighted by molar-refractivity contribution is -0.0691. The summed E-state index contributed by atoms with van der Waals surface area (Å²) in [6.07, 6.45) is -0.156. The quantitative estimate of drug-likeness (QED) is 0.856. The molecule has 0 aromatic heterocycles. The number of nitrogens with zero attached hydrogens (tertiary/aromatic N) is 1. The molecule has 1 aliphatic heterocycles. The number of carbonyl (C=O) groups excluding carboxylic acids is 1. The summed E-state index contributed by atoms with van der Waals surface area (Å²) in [6, 6.07) is 15.2. The number of methoxy groups -OCH3 is 2. The van der Waals surface area contributed by atoms with E-state index < -0.39 is 0 Å². The Balaban J connectivity index is 1.84. The maximum Gasteiger partial charge on any atom is 0.254 e. The average Bonchev–Trinajstić information content (AvgIpc) is 2.67. The Morgan fingerprint density at radius 1 is 1.04 bits per heavy atom. The van der Waals surface area contributed by atoms with Gasteiger partial charge in [0, 0.05) is 18.2 Å². The van der Waals surface area contributed by atoms with Gasteiger partial charge in [0.2, 0.25) is 0 Å². The Hall–Kier alpha value is -2.53. The van der Waals surface area contributed by atoms with Gasteiger partial charge >= 0.3 is 0 Å². The lowest BCUT2D eigenvalue weighted by Crippen LogP contribution is -2.46. The third kappa shape index (κ3) is 3.94. The van der Waals surface area contributed by atoms with Gasteiger partial charge in [0.25, 0.3) is 5.91 Å². The molecule has 2 aromatic rings. The van der Waals surface area contributed by atoms with Gasteiger partial charge in [-0.1, -0.05) is 30.3 Å². The molecular weight excluding hydrogens is 318 g/mol. The van der Waals surface area contributed by atoms with Crippen molar-refractivity contribution in [3.63, 3.8) is 0 Å². The summed E-state index contributed by atoms with van der Waals surface area (Å²) in [5.41, 5.74) is 1.63. The summed E-state index contributed by atoms with van der Waals surface area (Å²) in [6.45, 7) is 3.07. The van der Waals surface area contributed by atoms with Crippen LogP contribution in [0.3, 0.4) is 0 Å². The Morgan fingerprint density at radius 2 is 1.68 bits per heavy atom. The minimum atomic E-state index is -0.124. The van der Waals surface area contributed by atoms with E-state index in [9.17, 15) is 4.79 Å². The molecule has 1 amide bonds. The van der Waals surface area contributed by atoms with E-state index in [2.05, 4.69) is 0 Å². The first-order valence-electron chi connectivity index (χ1n) is 8.33. The van der Waals surface area contributed by atoms with Crippen LogP contribution in [0.1, 0.15) is 28.9 Å². The molecule has 2 unspecified atom stereocenters. The molecule has 1 saturated heterocycles. The molecular formula is C20H23NO4. The number of ether oxygens (including phenoxy) is 3. The van der Waals surface area contributed by atoms with E-state index in [1.807, 2.05) is 42.2 Å². The summed E-state index contributed by atoms with van der Waals surface area (Å²) in [5, 5.41) is 0. The summed E-state index contributed by atoms with van der Waals surface area (Å²) in [5.74, 6) is 1.15. The first-order valence-corrected chi connectivity index (χ1v) is 8.33. The molecule has 5 heteroatoms. The standard InChI is InChI=1S/C20H23NO4/c1-14-12-21(13-19(25-14)15-7-5-4-6-8-15)20(22)16-9-17(23-2)11-18(10-16)24-3/h4-11,14,19H,12-13H2,1-3H3. The molecule has 25 heavy (non-hydrogen) atoms. The number of morpholine rings is 1. The number of benzene rings is 2. The molecule has 2 aromatic carbocycles. The third-order valence-electron chi connectivity index (χ3n) is 4.32. The predicted octanol–water partition coefficient (Wildman–Crippen LogP) is 3.31. The van der Waals surface area contributed by atoms with Crippen molar-refractivity contribution < 1.29 is 19.0 Å². The lowest BCUT2D eigenvalue weighted by Gasteiger charge is -2.37. The fourth-order valence-electron chi connectivity index (χ4n) is 3.08. The van der Waals surface area contributed by atoms with Crippen LogP contribution < -0.4 is 9.47 Å². The largest absolute Gasteiger partial charge is 0.497 e. The van der Waals surface area contributed by atoms with Crippen LogP contribution in [0.5, 0.6) is 11.5 Å². The van der Waals surface area contributed by atoms with E-state index in [1.54, 1.807) is 32.4 Å². The van der Waals surface area contributed by atoms with E-state index in [0.717, 1.165) is 5.56 Å². The second-order valence-electron chi connectivity index (χ2n) is 6.16. The molecule has 0 radical (unpaired) electrons. The second-order valence-corrected chi connectivity index (χ2v) is 6.16. The fraction of sp³-hybridized carbons (Fsp3) is 0.350. The number of carbonyl (C=O) groups is 1. The molecule has 3 rings (SSSR count). The van der Waals surface area contributed by atoms with Crippen molar-refractivity contribution in [1.82, 2.24) is 4.90 Å². The van der Waals surface area contributed by atoms with Crippen molar-refractivity contribution in [2.75, 3.05) is 27.3 Å². The molecule has 2 atom stereocenters. The van der Waals surface area contributed by atoms with Crippen LogP contribution in [0.2, 0.25) is 0 Å². The number of hydrogen-bond acceptors (Lipinski definition) is 4. The van der Waals surface area contributed by atoms with Crippen LogP contribution >= 0.6 is 0 Å². The van der Waals surface area contributed by atoms with E-state index in [4.69, 9.17) is 14.2 Å². The summed E-state index contributed by atoms with van der Waals surface area (Å²) < 4.78 is 16.6. The Morgan fingerprint density at radius 3 is 2.28 bits per heavy atom. The van der Waals surface area contributed by atoms with E-state index in [1.165, 1.54) is 0 Å². The molecule has 0 N–H and O–H groups in total. The summed E-state index contributed by atoms with van der Waals surface area (Å²) >= 11 is 0. The zero-order valence-electron chi connectivity index (χ0n) is 14.8. The Labute approximate surface area is 148 Å². The van der Waals surface area contributed by atoms with Crippen LogP contribution in [0.15, 0.2) is 48.5 Å². The molecule has 132 valence electrons. The van der Waals surface area contributed by atoms with Gasteiger partial charge in [0.15, 0.2) is 0 Å². The maximum atomic E-state index is 13.0. The number of rotatable bonds is 4. The van der Waals surface area contributed by atoms with Gasteiger partial charge in [-0.05, 0) is 24.6 Å². The van der Waals surface area contributed by atoms with Crippen LogP contribution in [0, 0.1) is 0 Å².